The van der Waals surface area contributed by atoms with Gasteiger partial charge in [-0.25, -0.2) is 8.42 Å². The molecule has 0 aliphatic heterocycles. The first-order valence-electron chi connectivity index (χ1n) is 8.27. The lowest BCUT2D eigenvalue weighted by atomic mass is 10.1. The summed E-state index contributed by atoms with van der Waals surface area (Å²) < 4.78 is 65.4. The van der Waals surface area contributed by atoms with Crippen molar-refractivity contribution in [2.24, 2.45) is 0 Å². The molecule has 2 aromatic rings. The van der Waals surface area contributed by atoms with Crippen molar-refractivity contribution >= 4 is 50.5 Å². The molecule has 0 saturated heterocycles. The molecule has 2 rings (SSSR count). The Hall–Kier alpha value is -1.97. The molecule has 0 aliphatic carbocycles. The van der Waals surface area contributed by atoms with Gasteiger partial charge in [-0.3, -0.25) is 9.10 Å². The molecule has 1 N–H and O–H groups in total. The highest BCUT2D eigenvalue weighted by molar-refractivity contribution is 7.92. The van der Waals surface area contributed by atoms with Crippen LogP contribution in [0, 0.1) is 0 Å². The molecule has 1 atom stereocenters. The average molecular weight is 469 g/mol. The first-order valence-corrected chi connectivity index (χ1v) is 10.9. The largest absolute Gasteiger partial charge is 0.418 e. The molecule has 0 aliphatic rings. The second kappa shape index (κ2) is 8.81. The molecule has 11 heteroatoms. The molecule has 0 spiro atoms. The lowest BCUT2D eigenvalue weighted by Gasteiger charge is -2.30. The third kappa shape index (κ3) is 5.77. The zero-order valence-corrected chi connectivity index (χ0v) is 17.6. The van der Waals surface area contributed by atoms with Gasteiger partial charge in [0.05, 0.1) is 23.2 Å². The minimum atomic E-state index is -4.76. The Bertz CT molecular complexity index is 996. The van der Waals surface area contributed by atoms with Crippen molar-refractivity contribution in [1.82, 2.24) is 0 Å². The van der Waals surface area contributed by atoms with Crippen LogP contribution < -0.4 is 9.62 Å². The Labute approximate surface area is 176 Å². The Balaban J connectivity index is 2.45. The van der Waals surface area contributed by atoms with Crippen molar-refractivity contribution in [3.8, 4) is 0 Å². The molecule has 0 saturated carbocycles. The van der Waals surface area contributed by atoms with Crippen LogP contribution in [0.15, 0.2) is 42.5 Å². The van der Waals surface area contributed by atoms with Crippen LogP contribution in [0.4, 0.5) is 24.5 Å². The normalized spacial score (nSPS) is 13.1. The molecule has 0 heterocycles. The topological polar surface area (TPSA) is 66.5 Å². The molecule has 0 aromatic heterocycles. The van der Waals surface area contributed by atoms with Crippen molar-refractivity contribution < 1.29 is 26.4 Å². The molecule has 158 valence electrons. The summed E-state index contributed by atoms with van der Waals surface area (Å²) >= 11 is 11.5. The molecule has 5 nitrogen and oxygen atoms in total. The molecule has 0 fully saturated rings. The van der Waals surface area contributed by atoms with E-state index in [0.29, 0.717) is 11.1 Å². The maximum atomic E-state index is 13.3. The number of anilines is 2. The van der Waals surface area contributed by atoms with E-state index < -0.39 is 39.4 Å². The first-order chi connectivity index (χ1) is 13.3. The van der Waals surface area contributed by atoms with E-state index in [2.05, 4.69) is 5.32 Å². The van der Waals surface area contributed by atoms with E-state index in [9.17, 15) is 26.4 Å². The van der Waals surface area contributed by atoms with E-state index >= 15 is 0 Å². The Morgan fingerprint density at radius 3 is 2.14 bits per heavy atom. The van der Waals surface area contributed by atoms with Crippen LogP contribution in [-0.2, 0) is 21.0 Å². The molecule has 0 bridgehead atoms. The highest BCUT2D eigenvalue weighted by Crippen LogP contribution is 2.37. The minimum Gasteiger partial charge on any atom is -0.324 e. The summed E-state index contributed by atoms with van der Waals surface area (Å²) in [5, 5.41) is 2.38. The Morgan fingerprint density at radius 1 is 1.10 bits per heavy atom. The maximum absolute atomic E-state index is 13.3. The predicted molar refractivity (Wildman–Crippen MR) is 108 cm³/mol. The molecule has 0 radical (unpaired) electrons. The van der Waals surface area contributed by atoms with Crippen LogP contribution in [0.5, 0.6) is 0 Å². The van der Waals surface area contributed by atoms with E-state index in [4.69, 9.17) is 23.2 Å². The van der Waals surface area contributed by atoms with Crippen LogP contribution in [-0.4, -0.2) is 26.6 Å². The van der Waals surface area contributed by atoms with E-state index in [1.165, 1.54) is 30.3 Å². The summed E-state index contributed by atoms with van der Waals surface area (Å²) in [6.45, 7) is 1.55. The third-order valence-corrected chi connectivity index (χ3v) is 5.62. The number of alkyl halides is 3. The quantitative estimate of drug-likeness (QED) is 0.633. The predicted octanol–water partition coefficient (Wildman–Crippen LogP) is 5.20. The highest BCUT2D eigenvalue weighted by Gasteiger charge is 2.36. The van der Waals surface area contributed by atoms with Gasteiger partial charge in [-0.2, -0.15) is 13.2 Å². The number of amides is 1. The first kappa shape index (κ1) is 23.3. The Morgan fingerprint density at radius 2 is 1.66 bits per heavy atom. The lowest BCUT2D eigenvalue weighted by Crippen LogP contribution is -2.47. The SMILES string of the molecule is CC[C@@H](C(=O)Nc1ccc(Cl)cc1C(F)(F)F)N(c1ccc(Cl)cc1)S(C)(=O)=O. The zero-order chi connectivity index (χ0) is 22.0. The van der Waals surface area contributed by atoms with Crippen molar-refractivity contribution in [1.29, 1.82) is 0 Å². The van der Waals surface area contributed by atoms with Gasteiger partial charge < -0.3 is 5.32 Å². The van der Waals surface area contributed by atoms with Crippen molar-refractivity contribution in [2.45, 2.75) is 25.6 Å². The third-order valence-electron chi connectivity index (χ3n) is 3.96. The number of nitrogens with zero attached hydrogens (tertiary/aromatic N) is 1. The zero-order valence-electron chi connectivity index (χ0n) is 15.3. The molecular weight excluding hydrogens is 452 g/mol. The fourth-order valence-corrected chi connectivity index (χ4v) is 4.23. The Kier molecular flexibility index (Phi) is 7.08. The molecular formula is C18H17Cl2F3N2O3S. The van der Waals surface area contributed by atoms with Crippen LogP contribution in [0.3, 0.4) is 0 Å². The fraction of sp³-hybridized carbons (Fsp3) is 0.278. The van der Waals surface area contributed by atoms with Gasteiger partial charge in [0.1, 0.15) is 6.04 Å². The van der Waals surface area contributed by atoms with Gasteiger partial charge in [-0.1, -0.05) is 30.1 Å². The van der Waals surface area contributed by atoms with Gasteiger partial charge in [0.2, 0.25) is 15.9 Å². The van der Waals surface area contributed by atoms with E-state index in [1.807, 2.05) is 0 Å². The highest BCUT2D eigenvalue weighted by atomic mass is 35.5. The van der Waals surface area contributed by atoms with Crippen LogP contribution >= 0.6 is 23.2 Å². The number of benzene rings is 2. The molecule has 2 aromatic carbocycles. The van der Waals surface area contributed by atoms with Gasteiger partial charge in [-0.05, 0) is 48.9 Å². The summed E-state index contributed by atoms with van der Waals surface area (Å²) in [6.07, 6.45) is -3.85. The number of hydrogen-bond acceptors (Lipinski definition) is 3. The minimum absolute atomic E-state index is 0.0104. The molecule has 0 unspecified atom stereocenters. The smallest absolute Gasteiger partial charge is 0.324 e. The number of hydrogen-bond donors (Lipinski definition) is 1. The second-order valence-electron chi connectivity index (χ2n) is 6.14. The number of nitrogens with one attached hydrogen (secondary N) is 1. The summed E-state index contributed by atoms with van der Waals surface area (Å²) in [5.74, 6) is -0.916. The van der Waals surface area contributed by atoms with Gasteiger partial charge >= 0.3 is 6.18 Å². The van der Waals surface area contributed by atoms with Crippen LogP contribution in [0.1, 0.15) is 18.9 Å². The van der Waals surface area contributed by atoms with Gasteiger partial charge in [0.15, 0.2) is 0 Å². The van der Waals surface area contributed by atoms with Crippen molar-refractivity contribution in [3.05, 3.63) is 58.1 Å². The van der Waals surface area contributed by atoms with Crippen LogP contribution in [0.2, 0.25) is 10.0 Å². The molecule has 1 amide bonds. The fourth-order valence-electron chi connectivity index (χ4n) is 2.72. The number of halogens is 5. The standard InChI is InChI=1S/C18H17Cl2F3N2O3S/c1-3-16(25(29(2,27)28)13-7-4-11(19)5-8-13)17(26)24-15-9-6-12(20)10-14(15)18(21,22)23/h4-10,16H,3H2,1-2H3,(H,24,26)/t16-/m0/s1. The van der Waals surface area contributed by atoms with E-state index in [1.54, 1.807) is 6.92 Å². The van der Waals surface area contributed by atoms with Crippen molar-refractivity contribution in [3.63, 3.8) is 0 Å². The van der Waals surface area contributed by atoms with Gasteiger partial charge in [-0.15, -0.1) is 0 Å². The summed E-state index contributed by atoms with van der Waals surface area (Å²) in [7, 11) is -3.94. The number of carbonyl (C=O) groups is 1. The summed E-state index contributed by atoms with van der Waals surface area (Å²) in [4.78, 5) is 12.8. The number of carbonyl (C=O) groups excluding carboxylic acids is 1. The maximum Gasteiger partial charge on any atom is 0.418 e. The van der Waals surface area contributed by atoms with Gasteiger partial charge in [0.25, 0.3) is 0 Å². The van der Waals surface area contributed by atoms with Gasteiger partial charge in [0, 0.05) is 10.0 Å². The monoisotopic (exact) mass is 468 g/mol. The van der Waals surface area contributed by atoms with Crippen LogP contribution in [0.25, 0.3) is 0 Å². The second-order valence-corrected chi connectivity index (χ2v) is 8.87. The number of sulfonamides is 1. The summed E-state index contributed by atoms with van der Waals surface area (Å²) in [6, 6.07) is 7.31. The average Bonchev–Trinajstić information content (AvgIpc) is 2.60. The lowest BCUT2D eigenvalue weighted by molar-refractivity contribution is -0.137. The van der Waals surface area contributed by atoms with E-state index in [-0.39, 0.29) is 17.1 Å². The number of rotatable bonds is 6. The summed E-state index contributed by atoms with van der Waals surface area (Å²) in [5.41, 5.74) is -1.49. The van der Waals surface area contributed by atoms with E-state index in [0.717, 1.165) is 16.6 Å². The molecule has 29 heavy (non-hydrogen) atoms. The van der Waals surface area contributed by atoms with Crippen molar-refractivity contribution in [2.75, 3.05) is 15.9 Å².